The summed E-state index contributed by atoms with van der Waals surface area (Å²) in [5, 5.41) is -4.50. The highest BCUT2D eigenvalue weighted by Crippen LogP contribution is 2.60. The number of hydrogen-bond acceptors (Lipinski definition) is 4. The molecule has 0 aliphatic heterocycles. The number of hydrogen-bond donors (Lipinski definition) is 1. The SMILES string of the molecule is CC(OC(=O)C1C2CC=C3C(C2)CC31)C(F)(F)S(=O)(=O)O. The summed E-state index contributed by atoms with van der Waals surface area (Å²) in [7, 11) is -5.61. The van der Waals surface area contributed by atoms with Crippen LogP contribution in [-0.4, -0.2) is 30.3 Å². The highest BCUT2D eigenvalue weighted by atomic mass is 32.2. The van der Waals surface area contributed by atoms with Crippen molar-refractivity contribution in [3.05, 3.63) is 11.6 Å². The second-order valence-corrected chi connectivity index (χ2v) is 7.61. The minimum absolute atomic E-state index is 0.0570. The Balaban J connectivity index is 1.72. The molecule has 0 spiro atoms. The van der Waals surface area contributed by atoms with Crippen LogP contribution in [-0.2, 0) is 19.6 Å². The van der Waals surface area contributed by atoms with E-state index in [1.807, 2.05) is 0 Å². The van der Waals surface area contributed by atoms with Gasteiger partial charge in [0.05, 0.1) is 5.92 Å². The maximum Gasteiger partial charge on any atom is 0.405 e. The maximum atomic E-state index is 13.4. The smallest absolute Gasteiger partial charge is 0.405 e. The van der Waals surface area contributed by atoms with Gasteiger partial charge >= 0.3 is 21.3 Å². The molecule has 5 nitrogen and oxygen atoms in total. The van der Waals surface area contributed by atoms with Crippen molar-refractivity contribution in [2.24, 2.45) is 23.7 Å². The Morgan fingerprint density at radius 3 is 2.62 bits per heavy atom. The molecule has 118 valence electrons. The van der Waals surface area contributed by atoms with Crippen molar-refractivity contribution in [1.82, 2.24) is 0 Å². The minimum Gasteiger partial charge on any atom is -0.455 e. The molecule has 0 heterocycles. The van der Waals surface area contributed by atoms with Crippen LogP contribution < -0.4 is 0 Å². The molecule has 5 unspecified atom stereocenters. The highest BCUT2D eigenvalue weighted by Gasteiger charge is 2.57. The van der Waals surface area contributed by atoms with Crippen LogP contribution >= 0.6 is 0 Å². The molecule has 0 saturated heterocycles. The lowest BCUT2D eigenvalue weighted by atomic mass is 9.49. The van der Waals surface area contributed by atoms with Crippen LogP contribution in [0.25, 0.3) is 0 Å². The lowest BCUT2D eigenvalue weighted by molar-refractivity contribution is -0.173. The highest BCUT2D eigenvalue weighted by molar-refractivity contribution is 7.86. The van der Waals surface area contributed by atoms with Crippen molar-refractivity contribution in [3.8, 4) is 0 Å². The molecule has 5 aliphatic carbocycles. The summed E-state index contributed by atoms with van der Waals surface area (Å²) < 4.78 is 61.4. The van der Waals surface area contributed by atoms with E-state index in [2.05, 4.69) is 10.8 Å². The average Bonchev–Trinajstić information content (AvgIpc) is 2.36. The van der Waals surface area contributed by atoms with Gasteiger partial charge in [0.1, 0.15) is 0 Å². The molecule has 0 radical (unpaired) electrons. The molecule has 3 saturated carbocycles. The molecular weight excluding hydrogens is 306 g/mol. The van der Waals surface area contributed by atoms with Gasteiger partial charge in [0.2, 0.25) is 0 Å². The van der Waals surface area contributed by atoms with Crippen LogP contribution in [0.15, 0.2) is 11.6 Å². The van der Waals surface area contributed by atoms with E-state index in [9.17, 15) is 22.0 Å². The van der Waals surface area contributed by atoms with Gasteiger partial charge in [0.15, 0.2) is 6.10 Å². The average molecular weight is 322 g/mol. The van der Waals surface area contributed by atoms with Crippen molar-refractivity contribution in [3.63, 3.8) is 0 Å². The third-order valence-corrected chi connectivity index (χ3v) is 6.03. The Hall–Kier alpha value is -1.02. The van der Waals surface area contributed by atoms with Crippen LogP contribution in [0.2, 0.25) is 0 Å². The van der Waals surface area contributed by atoms with Gasteiger partial charge in [-0.1, -0.05) is 11.6 Å². The molecule has 5 aliphatic rings. The predicted octanol–water partition coefficient (Wildman–Crippen LogP) is 2.00. The summed E-state index contributed by atoms with van der Waals surface area (Å²) in [6, 6.07) is 0. The number of allylic oxidation sites excluding steroid dienone is 2. The summed E-state index contributed by atoms with van der Waals surface area (Å²) >= 11 is 0. The number of halogens is 2. The van der Waals surface area contributed by atoms with Crippen LogP contribution in [0.1, 0.15) is 26.2 Å². The Morgan fingerprint density at radius 1 is 1.48 bits per heavy atom. The fraction of sp³-hybridized carbons (Fsp3) is 0.769. The van der Waals surface area contributed by atoms with Gasteiger partial charge in [-0.3, -0.25) is 9.35 Å². The molecule has 3 fully saturated rings. The second-order valence-electron chi connectivity index (χ2n) is 6.12. The van der Waals surface area contributed by atoms with Gasteiger partial charge in [-0.25, -0.2) is 0 Å². The third kappa shape index (κ3) is 2.11. The quantitative estimate of drug-likeness (QED) is 0.486. The van der Waals surface area contributed by atoms with Crippen molar-refractivity contribution >= 4 is 16.1 Å². The summed E-state index contributed by atoms with van der Waals surface area (Å²) in [5.74, 6) is -0.583. The van der Waals surface area contributed by atoms with Crippen molar-refractivity contribution in [2.75, 3.05) is 0 Å². The lowest BCUT2D eigenvalue weighted by Gasteiger charge is -2.55. The zero-order valence-electron chi connectivity index (χ0n) is 11.3. The van der Waals surface area contributed by atoms with Crippen molar-refractivity contribution in [2.45, 2.75) is 37.5 Å². The first-order valence-corrected chi connectivity index (χ1v) is 8.32. The standard InChI is InChI=1S/C13H16F2O5S/c1-6(13(14,15)21(17,18)19)20-12(16)11-7-2-3-9-8(4-7)5-10(9)11/h3,6-8,10-11H,2,4-5H2,1H3,(H,17,18,19). The van der Waals surface area contributed by atoms with E-state index in [1.165, 1.54) is 5.57 Å². The zero-order chi connectivity index (χ0) is 15.6. The number of esters is 1. The number of alkyl halides is 2. The van der Waals surface area contributed by atoms with Gasteiger partial charge in [-0.15, -0.1) is 0 Å². The first-order valence-electron chi connectivity index (χ1n) is 6.88. The normalized spacial score (nSPS) is 35.7. The third-order valence-electron chi connectivity index (χ3n) is 5.01. The summed E-state index contributed by atoms with van der Waals surface area (Å²) in [4.78, 5) is 12.1. The summed E-state index contributed by atoms with van der Waals surface area (Å²) in [6.07, 6.45) is 2.37. The molecule has 0 amide bonds. The Kier molecular flexibility index (Phi) is 3.18. The van der Waals surface area contributed by atoms with Gasteiger partial charge in [0.25, 0.3) is 0 Å². The monoisotopic (exact) mass is 322 g/mol. The van der Waals surface area contributed by atoms with E-state index in [1.54, 1.807) is 0 Å². The maximum absolute atomic E-state index is 13.4. The number of rotatable bonds is 4. The minimum atomic E-state index is -5.61. The van der Waals surface area contributed by atoms with Crippen LogP contribution in [0.3, 0.4) is 0 Å². The molecule has 0 aromatic carbocycles. The van der Waals surface area contributed by atoms with Gasteiger partial charge < -0.3 is 4.74 Å². The van der Waals surface area contributed by atoms with E-state index in [0.29, 0.717) is 5.92 Å². The molecule has 8 heteroatoms. The van der Waals surface area contributed by atoms with E-state index in [4.69, 9.17) is 4.55 Å². The predicted molar refractivity (Wildman–Crippen MR) is 67.9 cm³/mol. The molecule has 1 N–H and O–H groups in total. The van der Waals surface area contributed by atoms with Crippen LogP contribution in [0.5, 0.6) is 0 Å². The van der Waals surface area contributed by atoms with Crippen molar-refractivity contribution in [1.29, 1.82) is 0 Å². The van der Waals surface area contributed by atoms with Crippen molar-refractivity contribution < 1.29 is 31.3 Å². The fourth-order valence-electron chi connectivity index (χ4n) is 3.88. The zero-order valence-corrected chi connectivity index (χ0v) is 12.1. The molecule has 5 atom stereocenters. The first-order chi connectivity index (χ1) is 9.63. The summed E-state index contributed by atoms with van der Waals surface area (Å²) in [5.41, 5.74) is 1.22. The molecule has 5 rings (SSSR count). The van der Waals surface area contributed by atoms with E-state index in [0.717, 1.165) is 26.2 Å². The van der Waals surface area contributed by atoms with Gasteiger partial charge in [-0.05, 0) is 43.9 Å². The van der Waals surface area contributed by atoms with Crippen LogP contribution in [0.4, 0.5) is 8.78 Å². The van der Waals surface area contributed by atoms with E-state index >= 15 is 0 Å². The van der Waals surface area contributed by atoms with E-state index in [-0.39, 0.29) is 11.8 Å². The molecule has 21 heavy (non-hydrogen) atoms. The first kappa shape index (κ1) is 14.9. The number of carbonyl (C=O) groups is 1. The fourth-order valence-corrected chi connectivity index (χ4v) is 4.35. The topological polar surface area (TPSA) is 80.7 Å². The number of fused-ring (bicyclic) bond motifs is 1. The summed E-state index contributed by atoms with van der Waals surface area (Å²) in [6.45, 7) is 0.773. The second kappa shape index (κ2) is 4.49. The molecular formula is C13H16F2O5S. The Bertz CT molecular complexity index is 612. The van der Waals surface area contributed by atoms with Crippen LogP contribution in [0, 0.1) is 23.7 Å². The molecule has 0 aromatic rings. The van der Waals surface area contributed by atoms with Gasteiger partial charge in [0, 0.05) is 0 Å². The molecule has 0 aromatic heterocycles. The lowest BCUT2D eigenvalue weighted by Crippen LogP contribution is -2.52. The number of ether oxygens (including phenoxy) is 1. The largest absolute Gasteiger partial charge is 0.455 e. The Labute approximate surface area is 121 Å². The molecule has 4 bridgehead atoms. The Morgan fingerprint density at radius 2 is 2.14 bits per heavy atom. The number of carbonyl (C=O) groups excluding carboxylic acids is 1. The van der Waals surface area contributed by atoms with Gasteiger partial charge in [-0.2, -0.15) is 17.2 Å². The van der Waals surface area contributed by atoms with E-state index < -0.39 is 33.4 Å².